The number of aliphatic hydroxyl groups is 2. The van der Waals surface area contributed by atoms with E-state index in [0.29, 0.717) is 6.42 Å². The molecule has 3 N–H and O–H groups in total. The lowest BCUT2D eigenvalue weighted by atomic mass is 9.82. The van der Waals surface area contributed by atoms with Crippen molar-refractivity contribution in [3.05, 3.63) is 34.9 Å². The van der Waals surface area contributed by atoms with E-state index in [1.54, 1.807) is 0 Å². The smallest absolute Gasteiger partial charge is 0.247 e. The third-order valence-corrected chi connectivity index (χ3v) is 5.71. The molecule has 190 valence electrons. The SMILES string of the molecule is CCCO[C@@H]1[C@@H](O)[C@H]2OCO[C@H]2[C@H](O)[C@@H]1NC(=O)/C(C)=C/c1cc(F)c(OCCCF)cc1F. The number of halogens is 3. The standard InChI is InChI=1S/C23H30F3NO7/c1-3-6-32-20-17(18(28)21-22(19(20)29)34-11-33-21)27-23(30)12(2)8-13-9-15(26)16(10-14(13)25)31-7-4-5-24/h8-10,17-22,28-29H,3-7,11H2,1-2H3,(H,27,30)/b12-8+/t17-,18+,19+,20-,21-,22+/m0/s1. The van der Waals surface area contributed by atoms with Gasteiger partial charge in [-0.25, -0.2) is 8.78 Å². The zero-order chi connectivity index (χ0) is 24.8. The highest BCUT2D eigenvalue weighted by molar-refractivity contribution is 5.97. The number of aliphatic hydroxyl groups excluding tert-OH is 2. The Hall–Kier alpha value is -2.18. The number of amides is 1. The number of hydrogen-bond acceptors (Lipinski definition) is 7. The lowest BCUT2D eigenvalue weighted by Gasteiger charge is -2.43. The van der Waals surface area contributed by atoms with E-state index in [-0.39, 0.29) is 43.3 Å². The van der Waals surface area contributed by atoms with Crippen LogP contribution in [0.25, 0.3) is 6.08 Å². The fourth-order valence-corrected chi connectivity index (χ4v) is 3.96. The van der Waals surface area contributed by atoms with E-state index in [2.05, 4.69) is 5.32 Å². The summed E-state index contributed by atoms with van der Waals surface area (Å²) in [6, 6.07) is 0.670. The van der Waals surface area contributed by atoms with Gasteiger partial charge in [-0.05, 0) is 25.5 Å². The third-order valence-electron chi connectivity index (χ3n) is 5.71. The summed E-state index contributed by atoms with van der Waals surface area (Å²) in [6.45, 7) is 2.69. The summed E-state index contributed by atoms with van der Waals surface area (Å²) in [5, 5.41) is 24.1. The Labute approximate surface area is 195 Å². The summed E-state index contributed by atoms with van der Waals surface area (Å²) in [4.78, 5) is 12.8. The molecule has 0 aromatic heterocycles. The molecule has 6 atom stereocenters. The van der Waals surface area contributed by atoms with Crippen LogP contribution in [-0.4, -0.2) is 79.4 Å². The Balaban J connectivity index is 1.75. The van der Waals surface area contributed by atoms with Crippen LogP contribution in [0.1, 0.15) is 32.3 Å². The Kier molecular flexibility index (Phi) is 9.31. The summed E-state index contributed by atoms with van der Waals surface area (Å²) in [7, 11) is 0. The van der Waals surface area contributed by atoms with Crippen LogP contribution in [-0.2, 0) is 19.0 Å². The molecular formula is C23H30F3NO7. The van der Waals surface area contributed by atoms with Gasteiger partial charge in [-0.1, -0.05) is 6.92 Å². The number of fused-ring (bicyclic) bond motifs is 1. The van der Waals surface area contributed by atoms with Crippen LogP contribution in [0.4, 0.5) is 13.2 Å². The second kappa shape index (κ2) is 12.0. The van der Waals surface area contributed by atoms with Crippen LogP contribution in [0, 0.1) is 11.6 Å². The molecule has 3 rings (SSSR count). The summed E-state index contributed by atoms with van der Waals surface area (Å²) < 4.78 is 62.3. The lowest BCUT2D eigenvalue weighted by Crippen LogP contribution is -2.68. The van der Waals surface area contributed by atoms with Gasteiger partial charge in [-0.2, -0.15) is 0 Å². The largest absolute Gasteiger partial charge is 0.490 e. The maximum atomic E-state index is 14.5. The molecular weight excluding hydrogens is 459 g/mol. The van der Waals surface area contributed by atoms with Crippen LogP contribution in [0.3, 0.4) is 0 Å². The molecule has 1 heterocycles. The quantitative estimate of drug-likeness (QED) is 0.340. The molecule has 0 spiro atoms. The van der Waals surface area contributed by atoms with Gasteiger partial charge in [-0.15, -0.1) is 0 Å². The zero-order valence-electron chi connectivity index (χ0n) is 19.0. The molecule has 1 saturated heterocycles. The van der Waals surface area contributed by atoms with Gasteiger partial charge in [0, 0.05) is 30.2 Å². The van der Waals surface area contributed by atoms with E-state index in [4.69, 9.17) is 18.9 Å². The Morgan fingerprint density at radius 1 is 1.18 bits per heavy atom. The van der Waals surface area contributed by atoms with Gasteiger partial charge in [0.25, 0.3) is 0 Å². The van der Waals surface area contributed by atoms with Crippen molar-refractivity contribution in [3.8, 4) is 5.75 Å². The molecule has 0 bridgehead atoms. The molecule has 1 saturated carbocycles. The molecule has 1 aromatic rings. The average Bonchev–Trinajstić information content (AvgIpc) is 3.30. The molecule has 1 aliphatic heterocycles. The summed E-state index contributed by atoms with van der Waals surface area (Å²) in [6.07, 6.45) is -3.19. The number of ether oxygens (including phenoxy) is 4. The molecule has 2 fully saturated rings. The number of carbonyl (C=O) groups excluding carboxylic acids is 1. The molecule has 1 amide bonds. The third kappa shape index (κ3) is 5.89. The predicted octanol–water partition coefficient (Wildman–Crippen LogP) is 1.86. The summed E-state index contributed by atoms with van der Waals surface area (Å²) in [5.41, 5.74) is -0.176. The van der Waals surface area contributed by atoms with Gasteiger partial charge in [0.1, 0.15) is 43.1 Å². The van der Waals surface area contributed by atoms with Gasteiger partial charge in [0.05, 0.1) is 19.3 Å². The van der Waals surface area contributed by atoms with Gasteiger partial charge in [0.15, 0.2) is 11.6 Å². The maximum Gasteiger partial charge on any atom is 0.247 e. The van der Waals surface area contributed by atoms with Crippen LogP contribution in [0.5, 0.6) is 5.75 Å². The number of benzene rings is 1. The van der Waals surface area contributed by atoms with Crippen molar-refractivity contribution in [2.45, 2.75) is 63.3 Å². The topological polar surface area (TPSA) is 106 Å². The van der Waals surface area contributed by atoms with Gasteiger partial charge in [0.2, 0.25) is 5.91 Å². The monoisotopic (exact) mass is 489 g/mol. The minimum atomic E-state index is -1.23. The van der Waals surface area contributed by atoms with Crippen molar-refractivity contribution in [1.82, 2.24) is 5.32 Å². The molecule has 2 aliphatic rings. The number of nitrogens with one attached hydrogen (secondary N) is 1. The Morgan fingerprint density at radius 2 is 1.88 bits per heavy atom. The maximum absolute atomic E-state index is 14.5. The van der Waals surface area contributed by atoms with Crippen molar-refractivity contribution in [2.24, 2.45) is 0 Å². The van der Waals surface area contributed by atoms with E-state index < -0.39 is 60.8 Å². The van der Waals surface area contributed by atoms with Crippen LogP contribution in [0.2, 0.25) is 0 Å². The Bertz CT molecular complexity index is 884. The lowest BCUT2D eigenvalue weighted by molar-refractivity contribution is -0.171. The first-order chi connectivity index (χ1) is 16.3. The predicted molar refractivity (Wildman–Crippen MR) is 115 cm³/mol. The van der Waals surface area contributed by atoms with Crippen LogP contribution < -0.4 is 10.1 Å². The van der Waals surface area contributed by atoms with Crippen molar-refractivity contribution in [1.29, 1.82) is 0 Å². The number of hydrogen-bond donors (Lipinski definition) is 3. The fourth-order valence-electron chi connectivity index (χ4n) is 3.96. The first-order valence-electron chi connectivity index (χ1n) is 11.2. The first kappa shape index (κ1) is 26.4. The highest BCUT2D eigenvalue weighted by Gasteiger charge is 2.54. The minimum absolute atomic E-state index is 0.0195. The van der Waals surface area contributed by atoms with Crippen molar-refractivity contribution in [2.75, 3.05) is 26.7 Å². The molecule has 34 heavy (non-hydrogen) atoms. The summed E-state index contributed by atoms with van der Waals surface area (Å²) >= 11 is 0. The number of rotatable bonds is 10. The van der Waals surface area contributed by atoms with Gasteiger partial charge >= 0.3 is 0 Å². The number of alkyl halides is 1. The molecule has 1 aromatic carbocycles. The average molecular weight is 489 g/mol. The van der Waals surface area contributed by atoms with E-state index in [0.717, 1.165) is 18.2 Å². The minimum Gasteiger partial charge on any atom is -0.490 e. The Morgan fingerprint density at radius 3 is 2.56 bits per heavy atom. The molecule has 1 aliphatic carbocycles. The van der Waals surface area contributed by atoms with Crippen LogP contribution >= 0.6 is 0 Å². The highest BCUT2D eigenvalue weighted by Crippen LogP contribution is 2.32. The molecule has 0 radical (unpaired) electrons. The van der Waals surface area contributed by atoms with E-state index >= 15 is 0 Å². The second-order valence-electron chi connectivity index (χ2n) is 8.22. The normalized spacial score (nSPS) is 29.1. The first-order valence-corrected chi connectivity index (χ1v) is 11.2. The van der Waals surface area contributed by atoms with Crippen molar-refractivity contribution >= 4 is 12.0 Å². The summed E-state index contributed by atoms with van der Waals surface area (Å²) in [5.74, 6) is -2.72. The van der Waals surface area contributed by atoms with Crippen molar-refractivity contribution in [3.63, 3.8) is 0 Å². The van der Waals surface area contributed by atoms with E-state index in [9.17, 15) is 28.2 Å². The van der Waals surface area contributed by atoms with Crippen molar-refractivity contribution < 1.29 is 47.1 Å². The van der Waals surface area contributed by atoms with E-state index in [1.807, 2.05) is 6.92 Å². The fraction of sp³-hybridized carbons (Fsp3) is 0.609. The van der Waals surface area contributed by atoms with Gasteiger partial charge in [-0.3, -0.25) is 9.18 Å². The van der Waals surface area contributed by atoms with Crippen LogP contribution in [0.15, 0.2) is 17.7 Å². The molecule has 11 heteroatoms. The van der Waals surface area contributed by atoms with E-state index in [1.165, 1.54) is 6.92 Å². The molecule has 0 unspecified atom stereocenters. The molecule has 8 nitrogen and oxygen atoms in total. The number of carbonyl (C=O) groups is 1. The zero-order valence-corrected chi connectivity index (χ0v) is 19.0. The van der Waals surface area contributed by atoms with Gasteiger partial charge < -0.3 is 34.5 Å². The second-order valence-corrected chi connectivity index (χ2v) is 8.22. The highest BCUT2D eigenvalue weighted by atomic mass is 19.1.